The lowest BCUT2D eigenvalue weighted by atomic mass is 10.2. The molecule has 0 aliphatic rings. The van der Waals surface area contributed by atoms with Crippen LogP contribution in [0.4, 0.5) is 0 Å². The Morgan fingerprint density at radius 3 is 2.96 bits per heavy atom. The average molecular weight is 311 g/mol. The fourth-order valence-electron chi connectivity index (χ4n) is 2.37. The summed E-state index contributed by atoms with van der Waals surface area (Å²) in [4.78, 5) is 28.6. The molecular formula is C16H17N5O2. The first-order valence-electron chi connectivity index (χ1n) is 7.37. The average Bonchev–Trinajstić information content (AvgIpc) is 2.97. The highest BCUT2D eigenvalue weighted by atomic mass is 16.2. The van der Waals surface area contributed by atoms with Crippen LogP contribution in [0.5, 0.6) is 0 Å². The van der Waals surface area contributed by atoms with E-state index in [0.29, 0.717) is 12.2 Å². The summed E-state index contributed by atoms with van der Waals surface area (Å²) in [5.74, 6) is -0.396. The summed E-state index contributed by atoms with van der Waals surface area (Å²) in [6.45, 7) is 0.491. The van der Waals surface area contributed by atoms with Gasteiger partial charge in [-0.2, -0.15) is 5.10 Å². The minimum Gasteiger partial charge on any atom is -0.352 e. The molecule has 3 rings (SSSR count). The van der Waals surface area contributed by atoms with Crippen molar-refractivity contribution in [1.29, 1.82) is 0 Å². The Kier molecular flexibility index (Phi) is 4.18. The minimum atomic E-state index is -0.396. The number of hydrogen-bond acceptors (Lipinski definition) is 4. The van der Waals surface area contributed by atoms with Crippen LogP contribution in [-0.2, 0) is 13.5 Å². The van der Waals surface area contributed by atoms with Crippen LogP contribution in [0.2, 0.25) is 0 Å². The molecule has 0 bridgehead atoms. The van der Waals surface area contributed by atoms with E-state index in [9.17, 15) is 9.59 Å². The van der Waals surface area contributed by atoms with Gasteiger partial charge in [0.05, 0.1) is 6.20 Å². The third-order valence-corrected chi connectivity index (χ3v) is 3.54. The molecule has 0 atom stereocenters. The summed E-state index contributed by atoms with van der Waals surface area (Å²) < 4.78 is 3.11. The van der Waals surface area contributed by atoms with Gasteiger partial charge in [-0.3, -0.25) is 18.7 Å². The second kappa shape index (κ2) is 6.43. The fourth-order valence-corrected chi connectivity index (χ4v) is 2.37. The SMILES string of the molecule is Cn1cc(CCCNC(=O)c2cnc3ccccn3c2=O)cn1. The van der Waals surface area contributed by atoms with Gasteiger partial charge >= 0.3 is 0 Å². The number of pyridine rings is 1. The summed E-state index contributed by atoms with van der Waals surface area (Å²) in [7, 11) is 1.87. The molecule has 118 valence electrons. The zero-order valence-corrected chi connectivity index (χ0v) is 12.8. The summed E-state index contributed by atoms with van der Waals surface area (Å²) in [6.07, 6.45) is 8.28. The molecule has 0 unspecified atom stereocenters. The molecular weight excluding hydrogens is 294 g/mol. The third kappa shape index (κ3) is 3.28. The Balaban J connectivity index is 1.62. The summed E-state index contributed by atoms with van der Waals surface area (Å²) in [5.41, 5.74) is 1.33. The van der Waals surface area contributed by atoms with E-state index in [2.05, 4.69) is 15.4 Å². The highest BCUT2D eigenvalue weighted by Gasteiger charge is 2.12. The lowest BCUT2D eigenvalue weighted by Gasteiger charge is -2.05. The van der Waals surface area contributed by atoms with E-state index in [1.54, 1.807) is 29.1 Å². The Hall–Kier alpha value is -2.96. The molecule has 0 spiro atoms. The standard InChI is InChI=1S/C16H17N5O2/c1-20-11-12(9-19-20)5-4-7-17-15(22)13-10-18-14-6-2-3-8-21(14)16(13)23/h2-3,6,8-11H,4-5,7H2,1H3,(H,17,22). The van der Waals surface area contributed by atoms with Crippen LogP contribution in [0.15, 0.2) is 47.8 Å². The van der Waals surface area contributed by atoms with Crippen molar-refractivity contribution in [1.82, 2.24) is 24.5 Å². The second-order valence-corrected chi connectivity index (χ2v) is 5.29. The monoisotopic (exact) mass is 311 g/mol. The highest BCUT2D eigenvalue weighted by molar-refractivity contribution is 5.93. The number of nitrogens with one attached hydrogen (secondary N) is 1. The molecule has 0 aromatic carbocycles. The van der Waals surface area contributed by atoms with Gasteiger partial charge in [0.25, 0.3) is 11.5 Å². The summed E-state index contributed by atoms with van der Waals surface area (Å²) in [5, 5.41) is 6.86. The Morgan fingerprint density at radius 1 is 1.30 bits per heavy atom. The van der Waals surface area contributed by atoms with Crippen molar-refractivity contribution in [3.05, 3.63) is 64.5 Å². The zero-order chi connectivity index (χ0) is 16.2. The second-order valence-electron chi connectivity index (χ2n) is 5.29. The Morgan fingerprint density at radius 2 is 2.17 bits per heavy atom. The number of hydrogen-bond donors (Lipinski definition) is 1. The number of nitrogens with zero attached hydrogens (tertiary/aromatic N) is 4. The normalized spacial score (nSPS) is 10.8. The van der Waals surface area contributed by atoms with Gasteiger partial charge in [0.2, 0.25) is 0 Å². The van der Waals surface area contributed by atoms with Gasteiger partial charge in [0.15, 0.2) is 0 Å². The molecule has 0 fully saturated rings. The number of aromatic nitrogens is 4. The molecule has 0 aliphatic heterocycles. The van der Waals surface area contributed by atoms with E-state index >= 15 is 0 Å². The van der Waals surface area contributed by atoms with Gasteiger partial charge in [0.1, 0.15) is 11.2 Å². The maximum absolute atomic E-state index is 12.3. The Bertz CT molecular complexity index is 897. The smallest absolute Gasteiger partial charge is 0.270 e. The van der Waals surface area contributed by atoms with Crippen LogP contribution in [0.1, 0.15) is 22.3 Å². The van der Waals surface area contributed by atoms with Gasteiger partial charge in [0, 0.05) is 32.2 Å². The van der Waals surface area contributed by atoms with Crippen LogP contribution in [0.3, 0.4) is 0 Å². The molecule has 0 radical (unpaired) electrons. The molecule has 1 N–H and O–H groups in total. The fraction of sp³-hybridized carbons (Fsp3) is 0.250. The van der Waals surface area contributed by atoms with Crippen molar-refractivity contribution in [2.24, 2.45) is 7.05 Å². The summed E-state index contributed by atoms with van der Waals surface area (Å²) >= 11 is 0. The van der Waals surface area contributed by atoms with Gasteiger partial charge in [-0.15, -0.1) is 0 Å². The zero-order valence-electron chi connectivity index (χ0n) is 12.8. The first kappa shape index (κ1) is 15.0. The van der Waals surface area contributed by atoms with Gasteiger partial charge in [-0.05, 0) is 30.5 Å². The van der Waals surface area contributed by atoms with Crippen LogP contribution in [0.25, 0.3) is 5.65 Å². The third-order valence-electron chi connectivity index (χ3n) is 3.54. The van der Waals surface area contributed by atoms with Crippen LogP contribution < -0.4 is 10.9 Å². The minimum absolute atomic E-state index is 0.0510. The molecule has 3 aromatic heterocycles. The Labute approximate surface area is 132 Å². The largest absolute Gasteiger partial charge is 0.352 e. The van der Waals surface area contributed by atoms with E-state index in [0.717, 1.165) is 18.4 Å². The van der Waals surface area contributed by atoms with E-state index in [1.165, 1.54) is 10.6 Å². The van der Waals surface area contributed by atoms with Gasteiger partial charge < -0.3 is 5.32 Å². The molecule has 0 saturated carbocycles. The molecule has 23 heavy (non-hydrogen) atoms. The molecule has 7 heteroatoms. The highest BCUT2D eigenvalue weighted by Crippen LogP contribution is 2.01. The van der Waals surface area contributed by atoms with E-state index in [4.69, 9.17) is 0 Å². The summed E-state index contributed by atoms with van der Waals surface area (Å²) in [6, 6.07) is 5.24. The van der Waals surface area contributed by atoms with Crippen LogP contribution in [-0.4, -0.2) is 31.6 Å². The van der Waals surface area contributed by atoms with Crippen LogP contribution in [0, 0.1) is 0 Å². The quantitative estimate of drug-likeness (QED) is 0.706. The lowest BCUT2D eigenvalue weighted by Crippen LogP contribution is -2.32. The molecule has 0 aliphatic carbocycles. The number of rotatable bonds is 5. The molecule has 3 aromatic rings. The molecule has 3 heterocycles. The number of aryl methyl sites for hydroxylation is 2. The van der Waals surface area contributed by atoms with Crippen LogP contribution >= 0.6 is 0 Å². The predicted molar refractivity (Wildman–Crippen MR) is 85.3 cm³/mol. The maximum Gasteiger partial charge on any atom is 0.270 e. The molecule has 1 amide bonds. The van der Waals surface area contributed by atoms with Crippen molar-refractivity contribution >= 4 is 11.6 Å². The lowest BCUT2D eigenvalue weighted by molar-refractivity contribution is 0.0951. The van der Waals surface area contributed by atoms with Crippen molar-refractivity contribution in [2.45, 2.75) is 12.8 Å². The van der Waals surface area contributed by atoms with Crippen molar-refractivity contribution < 1.29 is 4.79 Å². The number of fused-ring (bicyclic) bond motifs is 1. The van der Waals surface area contributed by atoms with E-state index in [-0.39, 0.29) is 11.1 Å². The topological polar surface area (TPSA) is 81.3 Å². The molecule has 0 saturated heterocycles. The maximum atomic E-state index is 12.3. The number of amides is 1. The number of carbonyl (C=O) groups excluding carboxylic acids is 1. The van der Waals surface area contributed by atoms with Crippen molar-refractivity contribution in [3.8, 4) is 0 Å². The van der Waals surface area contributed by atoms with Gasteiger partial charge in [-0.25, -0.2) is 4.98 Å². The van der Waals surface area contributed by atoms with E-state index < -0.39 is 5.91 Å². The number of carbonyl (C=O) groups is 1. The van der Waals surface area contributed by atoms with E-state index in [1.807, 2.05) is 19.4 Å². The molecule has 7 nitrogen and oxygen atoms in total. The van der Waals surface area contributed by atoms with Crippen molar-refractivity contribution in [2.75, 3.05) is 6.54 Å². The first-order chi connectivity index (χ1) is 11.1. The van der Waals surface area contributed by atoms with Crippen molar-refractivity contribution in [3.63, 3.8) is 0 Å². The predicted octanol–water partition coefficient (Wildman–Crippen LogP) is 0.791. The van der Waals surface area contributed by atoms with Gasteiger partial charge in [-0.1, -0.05) is 6.07 Å². The first-order valence-corrected chi connectivity index (χ1v) is 7.37.